The van der Waals surface area contributed by atoms with Gasteiger partial charge in [-0.2, -0.15) is 0 Å². The van der Waals surface area contributed by atoms with Crippen LogP contribution < -0.4 is 5.32 Å². The lowest BCUT2D eigenvalue weighted by molar-refractivity contribution is 0.0947. The Morgan fingerprint density at radius 3 is 3.00 bits per heavy atom. The Morgan fingerprint density at radius 1 is 1.43 bits per heavy atom. The van der Waals surface area contributed by atoms with Crippen molar-refractivity contribution in [3.8, 4) is 11.8 Å². The van der Waals surface area contributed by atoms with Crippen molar-refractivity contribution in [2.75, 3.05) is 6.61 Å². The van der Waals surface area contributed by atoms with E-state index in [1.165, 1.54) is 6.20 Å². The number of hydrogen-bond donors (Lipinski definition) is 2. The Kier molecular flexibility index (Phi) is 5.13. The van der Waals surface area contributed by atoms with Crippen molar-refractivity contribution < 1.29 is 14.4 Å². The number of aliphatic hydroxyl groups is 1. The molecule has 1 amide bonds. The number of amides is 1. The Morgan fingerprint density at radius 2 is 2.29 bits per heavy atom. The van der Waals surface area contributed by atoms with Gasteiger partial charge in [0.25, 0.3) is 5.91 Å². The van der Waals surface area contributed by atoms with Crippen molar-refractivity contribution in [1.82, 2.24) is 10.5 Å². The van der Waals surface area contributed by atoms with Gasteiger partial charge in [-0.25, -0.2) is 0 Å². The van der Waals surface area contributed by atoms with E-state index < -0.39 is 0 Å². The molecule has 2 N–H and O–H groups in total. The maximum atomic E-state index is 12.1. The summed E-state index contributed by atoms with van der Waals surface area (Å²) in [4.78, 5) is 12.1. The molecule has 0 aliphatic rings. The second-order valence-electron chi connectivity index (χ2n) is 4.52. The normalized spacial score (nSPS) is 9.81. The quantitative estimate of drug-likeness (QED) is 0.837. The number of carbonyl (C=O) groups excluding carboxylic acids is 1. The summed E-state index contributed by atoms with van der Waals surface area (Å²) in [5, 5.41) is 15.1. The molecule has 0 saturated carbocycles. The third-order valence-corrected chi connectivity index (χ3v) is 2.72. The molecule has 0 aliphatic heterocycles. The van der Waals surface area contributed by atoms with E-state index in [4.69, 9.17) is 9.63 Å². The first-order chi connectivity index (χ1) is 10.2. The Hall–Kier alpha value is -2.58. The van der Waals surface area contributed by atoms with Crippen molar-refractivity contribution >= 4 is 5.91 Å². The van der Waals surface area contributed by atoms with E-state index in [0.29, 0.717) is 17.7 Å². The summed E-state index contributed by atoms with van der Waals surface area (Å²) < 4.78 is 4.92. The maximum absolute atomic E-state index is 12.1. The zero-order valence-electron chi connectivity index (χ0n) is 11.7. The highest BCUT2D eigenvalue weighted by Crippen LogP contribution is 2.09. The monoisotopic (exact) mass is 284 g/mol. The van der Waals surface area contributed by atoms with Gasteiger partial charge in [-0.1, -0.05) is 17.0 Å². The van der Waals surface area contributed by atoms with Crippen molar-refractivity contribution in [3.63, 3.8) is 0 Å². The molecule has 1 aromatic carbocycles. The zero-order valence-corrected chi connectivity index (χ0v) is 11.7. The van der Waals surface area contributed by atoms with E-state index in [1.54, 1.807) is 18.2 Å². The van der Waals surface area contributed by atoms with Crippen molar-refractivity contribution in [2.45, 2.75) is 19.9 Å². The minimum Gasteiger partial charge on any atom is -0.395 e. The summed E-state index contributed by atoms with van der Waals surface area (Å²) in [6.07, 6.45) is 1.95. The lowest BCUT2D eigenvalue weighted by atomic mass is 10.1. The smallest absolute Gasteiger partial charge is 0.251 e. The number of rotatable bonds is 4. The molecule has 1 aromatic heterocycles. The standard InChI is InChI=1S/C16H16N2O3/c1-12-8-13(4-2-3-7-19)10-14(9-12)16(20)17-11-15-5-6-18-21-15/h5-6,8-10,19H,3,7,11H2,1H3,(H,17,20). The van der Waals surface area contributed by atoms with Gasteiger partial charge in [-0.05, 0) is 30.7 Å². The van der Waals surface area contributed by atoms with Gasteiger partial charge in [-0.15, -0.1) is 0 Å². The van der Waals surface area contributed by atoms with Crippen LogP contribution in [0.15, 0.2) is 35.0 Å². The summed E-state index contributed by atoms with van der Waals surface area (Å²) in [6.45, 7) is 2.23. The van der Waals surface area contributed by atoms with Gasteiger partial charge in [0, 0.05) is 23.6 Å². The molecule has 0 fully saturated rings. The molecule has 0 radical (unpaired) electrons. The summed E-state index contributed by atoms with van der Waals surface area (Å²) >= 11 is 0. The van der Waals surface area contributed by atoms with Crippen LogP contribution in [-0.2, 0) is 6.54 Å². The fraction of sp³-hybridized carbons (Fsp3) is 0.250. The number of aromatic nitrogens is 1. The molecule has 5 nitrogen and oxygen atoms in total. The van der Waals surface area contributed by atoms with Crippen molar-refractivity contribution in [3.05, 3.63) is 52.9 Å². The SMILES string of the molecule is Cc1cc(C#CCCO)cc(C(=O)NCc2ccno2)c1. The van der Waals surface area contributed by atoms with Gasteiger partial charge in [-0.3, -0.25) is 4.79 Å². The highest BCUT2D eigenvalue weighted by Gasteiger charge is 2.08. The van der Waals surface area contributed by atoms with Gasteiger partial charge in [0.2, 0.25) is 0 Å². The highest BCUT2D eigenvalue weighted by atomic mass is 16.5. The number of aryl methyl sites for hydroxylation is 1. The molecule has 108 valence electrons. The molecule has 0 saturated heterocycles. The largest absolute Gasteiger partial charge is 0.395 e. The Balaban J connectivity index is 2.08. The minimum absolute atomic E-state index is 0.0311. The second kappa shape index (κ2) is 7.27. The van der Waals surface area contributed by atoms with E-state index >= 15 is 0 Å². The summed E-state index contributed by atoms with van der Waals surface area (Å²) in [5.74, 6) is 6.18. The molecule has 21 heavy (non-hydrogen) atoms. The van der Waals surface area contributed by atoms with Crippen LogP contribution in [0.2, 0.25) is 0 Å². The number of carbonyl (C=O) groups is 1. The first-order valence-electron chi connectivity index (χ1n) is 6.58. The molecule has 2 rings (SSSR count). The molecule has 0 aliphatic carbocycles. The van der Waals surface area contributed by atoms with Crippen LogP contribution in [0.3, 0.4) is 0 Å². The van der Waals surface area contributed by atoms with Crippen molar-refractivity contribution in [1.29, 1.82) is 0 Å². The average molecular weight is 284 g/mol. The topological polar surface area (TPSA) is 75.4 Å². The fourth-order valence-electron chi connectivity index (χ4n) is 1.81. The number of nitrogens with zero attached hydrogens (tertiary/aromatic N) is 1. The lowest BCUT2D eigenvalue weighted by Crippen LogP contribution is -2.22. The summed E-state index contributed by atoms with van der Waals surface area (Å²) in [6, 6.07) is 7.12. The van der Waals surface area contributed by atoms with Crippen LogP contribution in [-0.4, -0.2) is 22.8 Å². The molecule has 0 unspecified atom stereocenters. The Labute approximate surface area is 123 Å². The highest BCUT2D eigenvalue weighted by molar-refractivity contribution is 5.94. The van der Waals surface area contributed by atoms with Crippen LogP contribution in [0.1, 0.15) is 33.7 Å². The fourth-order valence-corrected chi connectivity index (χ4v) is 1.81. The first-order valence-corrected chi connectivity index (χ1v) is 6.58. The minimum atomic E-state index is -0.194. The first kappa shape index (κ1) is 14.8. The Bertz CT molecular complexity index is 667. The van der Waals surface area contributed by atoms with Crippen LogP contribution in [0, 0.1) is 18.8 Å². The van der Waals surface area contributed by atoms with E-state index in [0.717, 1.165) is 11.1 Å². The third kappa shape index (κ3) is 4.48. The predicted molar refractivity (Wildman–Crippen MR) is 77.4 cm³/mol. The van der Waals surface area contributed by atoms with Gasteiger partial charge in [0.15, 0.2) is 5.76 Å². The third-order valence-electron chi connectivity index (χ3n) is 2.72. The van der Waals surface area contributed by atoms with E-state index in [1.807, 2.05) is 13.0 Å². The van der Waals surface area contributed by atoms with Crippen LogP contribution in [0.25, 0.3) is 0 Å². The van der Waals surface area contributed by atoms with Crippen molar-refractivity contribution in [2.24, 2.45) is 0 Å². The second-order valence-corrected chi connectivity index (χ2v) is 4.52. The predicted octanol–water partition coefficient (Wildman–Crippen LogP) is 1.65. The van der Waals surface area contributed by atoms with Crippen LogP contribution >= 0.6 is 0 Å². The molecule has 1 heterocycles. The zero-order chi connectivity index (χ0) is 15.1. The van der Waals surface area contributed by atoms with E-state index in [9.17, 15) is 4.79 Å². The molecule has 0 atom stereocenters. The molecule has 5 heteroatoms. The molecular weight excluding hydrogens is 268 g/mol. The summed E-state index contributed by atoms with van der Waals surface area (Å²) in [7, 11) is 0. The molecule has 0 spiro atoms. The van der Waals surface area contributed by atoms with Gasteiger partial charge < -0.3 is 14.9 Å². The lowest BCUT2D eigenvalue weighted by Gasteiger charge is -2.05. The summed E-state index contributed by atoms with van der Waals surface area (Å²) in [5.41, 5.74) is 2.26. The maximum Gasteiger partial charge on any atom is 0.251 e. The van der Waals surface area contributed by atoms with Gasteiger partial charge in [0.05, 0.1) is 19.3 Å². The van der Waals surface area contributed by atoms with E-state index in [-0.39, 0.29) is 19.1 Å². The molecule has 2 aromatic rings. The van der Waals surface area contributed by atoms with E-state index in [2.05, 4.69) is 22.3 Å². The number of nitrogens with one attached hydrogen (secondary N) is 1. The number of aliphatic hydroxyl groups excluding tert-OH is 1. The number of hydrogen-bond acceptors (Lipinski definition) is 4. The van der Waals surface area contributed by atoms with Crippen LogP contribution in [0.4, 0.5) is 0 Å². The van der Waals surface area contributed by atoms with Gasteiger partial charge >= 0.3 is 0 Å². The number of benzene rings is 1. The van der Waals surface area contributed by atoms with Crippen LogP contribution in [0.5, 0.6) is 0 Å². The molecule has 0 bridgehead atoms. The average Bonchev–Trinajstić information content (AvgIpc) is 2.98. The molecular formula is C16H16N2O3. The van der Waals surface area contributed by atoms with Gasteiger partial charge in [0.1, 0.15) is 0 Å².